The smallest absolute Gasteiger partial charge is 0.338 e. The van der Waals surface area contributed by atoms with Crippen molar-refractivity contribution >= 4 is 17.3 Å². The second kappa shape index (κ2) is 6.55. The number of fused-ring (bicyclic) bond motifs is 1. The Hall–Kier alpha value is -2.88. The molecule has 0 aliphatic rings. The highest BCUT2D eigenvalue weighted by molar-refractivity contribution is 6.02. The molecule has 1 aromatic carbocycles. The van der Waals surface area contributed by atoms with Gasteiger partial charge >= 0.3 is 5.97 Å². The van der Waals surface area contributed by atoms with Gasteiger partial charge in [0.15, 0.2) is 5.78 Å². The molecule has 0 N–H and O–H groups in total. The first-order valence-corrected chi connectivity index (χ1v) is 8.33. The molecule has 0 aliphatic heterocycles. The third-order valence-corrected chi connectivity index (χ3v) is 4.36. The minimum Gasteiger partial charge on any atom is -0.462 e. The second-order valence-corrected chi connectivity index (χ2v) is 6.16. The first-order chi connectivity index (χ1) is 11.9. The van der Waals surface area contributed by atoms with Crippen LogP contribution < -0.4 is 0 Å². The van der Waals surface area contributed by atoms with Gasteiger partial charge in [0.2, 0.25) is 0 Å². The molecule has 4 heteroatoms. The summed E-state index contributed by atoms with van der Waals surface area (Å²) in [4.78, 5) is 24.6. The van der Waals surface area contributed by atoms with Gasteiger partial charge in [0, 0.05) is 18.7 Å². The maximum atomic E-state index is 12.4. The van der Waals surface area contributed by atoms with E-state index in [1.165, 1.54) is 6.92 Å². The van der Waals surface area contributed by atoms with Crippen molar-refractivity contribution < 1.29 is 14.3 Å². The monoisotopic (exact) mass is 335 g/mol. The van der Waals surface area contributed by atoms with Crippen molar-refractivity contribution in [1.29, 1.82) is 0 Å². The molecule has 3 aromatic rings. The number of aryl methyl sites for hydroxylation is 1. The largest absolute Gasteiger partial charge is 0.462 e. The Morgan fingerprint density at radius 2 is 1.88 bits per heavy atom. The molecule has 0 aliphatic carbocycles. The van der Waals surface area contributed by atoms with Gasteiger partial charge in [-0.25, -0.2) is 4.79 Å². The Balaban J connectivity index is 2.33. The lowest BCUT2D eigenvalue weighted by molar-refractivity contribution is 0.0525. The lowest BCUT2D eigenvalue weighted by atomic mass is 10.0. The molecule has 2 heterocycles. The maximum absolute atomic E-state index is 12.4. The van der Waals surface area contributed by atoms with Crippen molar-refractivity contribution in [1.82, 2.24) is 4.40 Å². The highest BCUT2D eigenvalue weighted by Crippen LogP contribution is 2.30. The molecule has 0 amide bonds. The van der Waals surface area contributed by atoms with Crippen LogP contribution >= 0.6 is 0 Å². The van der Waals surface area contributed by atoms with E-state index in [0.717, 1.165) is 22.2 Å². The van der Waals surface area contributed by atoms with Crippen LogP contribution in [0.5, 0.6) is 0 Å². The molecule has 0 atom stereocenters. The van der Waals surface area contributed by atoms with Crippen LogP contribution in [0.4, 0.5) is 0 Å². The van der Waals surface area contributed by atoms with Gasteiger partial charge in [-0.2, -0.15) is 0 Å². The number of nitrogens with zero attached hydrogens (tertiary/aromatic N) is 1. The molecular weight excluding hydrogens is 314 g/mol. The van der Waals surface area contributed by atoms with Gasteiger partial charge in [0.05, 0.1) is 23.4 Å². The van der Waals surface area contributed by atoms with Crippen molar-refractivity contribution in [3.8, 4) is 11.1 Å². The second-order valence-electron chi connectivity index (χ2n) is 6.16. The molecule has 0 radical (unpaired) electrons. The van der Waals surface area contributed by atoms with Gasteiger partial charge in [-0.15, -0.1) is 0 Å². The third-order valence-electron chi connectivity index (χ3n) is 4.36. The van der Waals surface area contributed by atoms with E-state index in [1.807, 2.05) is 47.9 Å². The van der Waals surface area contributed by atoms with Crippen LogP contribution in [-0.2, 0) is 4.74 Å². The molecule has 0 spiro atoms. The normalized spacial score (nSPS) is 10.9. The van der Waals surface area contributed by atoms with Gasteiger partial charge in [-0.1, -0.05) is 29.8 Å². The summed E-state index contributed by atoms with van der Waals surface area (Å²) >= 11 is 0. The first kappa shape index (κ1) is 17.0. The fourth-order valence-corrected chi connectivity index (χ4v) is 3.25. The zero-order chi connectivity index (χ0) is 18.1. The quantitative estimate of drug-likeness (QED) is 0.517. The molecule has 0 fully saturated rings. The number of hydrogen-bond acceptors (Lipinski definition) is 3. The first-order valence-electron chi connectivity index (χ1n) is 8.33. The van der Waals surface area contributed by atoms with Crippen molar-refractivity contribution in [2.24, 2.45) is 0 Å². The predicted octanol–water partition coefficient (Wildman–Crippen LogP) is 4.60. The highest BCUT2D eigenvalue weighted by Gasteiger charge is 2.20. The van der Waals surface area contributed by atoms with Crippen molar-refractivity contribution in [3.05, 3.63) is 65.0 Å². The van der Waals surface area contributed by atoms with Crippen molar-refractivity contribution in [3.63, 3.8) is 0 Å². The number of hydrogen-bond donors (Lipinski definition) is 0. The molecule has 0 saturated heterocycles. The minimum atomic E-state index is -0.401. The van der Waals surface area contributed by atoms with Gasteiger partial charge in [0.1, 0.15) is 0 Å². The maximum Gasteiger partial charge on any atom is 0.338 e. The van der Waals surface area contributed by atoms with Crippen molar-refractivity contribution in [2.45, 2.75) is 27.7 Å². The molecule has 0 bridgehead atoms. The summed E-state index contributed by atoms with van der Waals surface area (Å²) in [5.41, 5.74) is 5.61. The molecule has 3 rings (SSSR count). The number of rotatable bonds is 4. The molecule has 25 heavy (non-hydrogen) atoms. The fraction of sp³-hybridized carbons (Fsp3) is 0.238. The van der Waals surface area contributed by atoms with Crippen LogP contribution in [0, 0.1) is 13.8 Å². The molecular formula is C21H21NO3. The Labute approximate surface area is 147 Å². The number of ketones is 1. The highest BCUT2D eigenvalue weighted by atomic mass is 16.5. The van der Waals surface area contributed by atoms with Crippen LogP contribution in [0.15, 0.2) is 42.6 Å². The topological polar surface area (TPSA) is 47.8 Å². The average Bonchev–Trinajstić information content (AvgIpc) is 2.97. The number of Topliss-reactive ketones (excluding diaryl/α,β-unsaturated/α-hetero) is 1. The summed E-state index contributed by atoms with van der Waals surface area (Å²) in [5.74, 6) is -0.485. The summed E-state index contributed by atoms with van der Waals surface area (Å²) in [6.07, 6.45) is 1.88. The Morgan fingerprint density at radius 3 is 2.52 bits per heavy atom. The lowest BCUT2D eigenvalue weighted by Gasteiger charge is -2.13. The number of benzene rings is 1. The minimum absolute atomic E-state index is 0.0833. The van der Waals surface area contributed by atoms with Crippen LogP contribution in [0.25, 0.3) is 16.6 Å². The number of carbonyl (C=O) groups is 2. The Kier molecular flexibility index (Phi) is 4.45. The summed E-state index contributed by atoms with van der Waals surface area (Å²) in [5, 5.41) is 0. The fourth-order valence-electron chi connectivity index (χ4n) is 3.25. The molecule has 0 saturated carbocycles. The number of carbonyl (C=O) groups excluding carboxylic acids is 2. The van der Waals surface area contributed by atoms with Gasteiger partial charge in [-0.3, -0.25) is 4.79 Å². The van der Waals surface area contributed by atoms with Crippen LogP contribution in [-0.4, -0.2) is 22.8 Å². The number of esters is 1. The summed E-state index contributed by atoms with van der Waals surface area (Å²) < 4.78 is 7.03. The van der Waals surface area contributed by atoms with Crippen LogP contribution in [0.3, 0.4) is 0 Å². The summed E-state index contributed by atoms with van der Waals surface area (Å²) in [6, 6.07) is 12.0. The molecule has 128 valence electrons. The zero-order valence-electron chi connectivity index (χ0n) is 14.9. The standard InChI is InChI=1S/C21H21NO3/c1-5-25-21(24)18-12-19-17(16-8-6-7-13(2)11-16)9-10-22(19)20(14(18)3)15(4)23/h6-12H,5H2,1-4H3. The van der Waals surface area contributed by atoms with Crippen LogP contribution in [0.2, 0.25) is 0 Å². The van der Waals surface area contributed by atoms with E-state index in [9.17, 15) is 9.59 Å². The summed E-state index contributed by atoms with van der Waals surface area (Å²) in [7, 11) is 0. The SMILES string of the molecule is CCOC(=O)c1cc2c(-c3cccc(C)c3)ccn2c(C(C)=O)c1C. The average molecular weight is 335 g/mol. The molecule has 0 unspecified atom stereocenters. The van der Waals surface area contributed by atoms with E-state index in [2.05, 4.69) is 6.07 Å². The zero-order valence-corrected chi connectivity index (χ0v) is 14.9. The van der Waals surface area contributed by atoms with E-state index < -0.39 is 5.97 Å². The summed E-state index contributed by atoms with van der Waals surface area (Å²) in [6.45, 7) is 7.41. The van der Waals surface area contributed by atoms with Gasteiger partial charge in [0.25, 0.3) is 0 Å². The predicted molar refractivity (Wildman–Crippen MR) is 98.3 cm³/mol. The van der Waals surface area contributed by atoms with E-state index in [-0.39, 0.29) is 5.78 Å². The van der Waals surface area contributed by atoms with E-state index in [0.29, 0.717) is 23.4 Å². The van der Waals surface area contributed by atoms with Crippen molar-refractivity contribution in [2.75, 3.05) is 6.61 Å². The van der Waals surface area contributed by atoms with Gasteiger partial charge < -0.3 is 9.14 Å². The molecule has 4 nitrogen and oxygen atoms in total. The molecule has 2 aromatic heterocycles. The van der Waals surface area contributed by atoms with Crippen LogP contribution in [0.1, 0.15) is 45.8 Å². The number of ether oxygens (including phenoxy) is 1. The number of pyridine rings is 1. The van der Waals surface area contributed by atoms with Gasteiger partial charge in [-0.05, 0) is 44.0 Å². The number of aromatic nitrogens is 1. The third kappa shape index (κ3) is 2.95. The van der Waals surface area contributed by atoms with E-state index in [4.69, 9.17) is 4.74 Å². The lowest BCUT2D eigenvalue weighted by Crippen LogP contribution is -2.13. The van der Waals surface area contributed by atoms with E-state index >= 15 is 0 Å². The Bertz CT molecular complexity index is 982. The van der Waals surface area contributed by atoms with E-state index in [1.54, 1.807) is 13.8 Å². The Morgan fingerprint density at radius 1 is 1.12 bits per heavy atom.